The van der Waals surface area contributed by atoms with Crippen LogP contribution in [0.5, 0.6) is 0 Å². The first-order chi connectivity index (χ1) is 9.48. The standard InChI is InChI=1S/C16H24BrFN2/c1-4-16(5-2)11-20(12(3)9-19-16)10-13-6-14(17)8-15(18)7-13/h6-8,12,19H,4-5,9-11H2,1-3H3. The molecule has 0 bridgehead atoms. The average molecular weight is 343 g/mol. The lowest BCUT2D eigenvalue weighted by atomic mass is 9.88. The molecule has 0 spiro atoms. The molecular weight excluding hydrogens is 319 g/mol. The summed E-state index contributed by atoms with van der Waals surface area (Å²) in [5, 5.41) is 3.70. The summed E-state index contributed by atoms with van der Waals surface area (Å²) in [6.45, 7) is 9.54. The van der Waals surface area contributed by atoms with E-state index in [0.29, 0.717) is 6.04 Å². The normalized spacial score (nSPS) is 22.9. The van der Waals surface area contributed by atoms with Gasteiger partial charge in [0, 0.05) is 35.7 Å². The van der Waals surface area contributed by atoms with Gasteiger partial charge in [-0.2, -0.15) is 0 Å². The number of nitrogens with zero attached hydrogens (tertiary/aromatic N) is 1. The first kappa shape index (κ1) is 15.9. The molecule has 4 heteroatoms. The Labute approximate surface area is 129 Å². The molecule has 2 rings (SSSR count). The molecule has 0 amide bonds. The highest BCUT2D eigenvalue weighted by molar-refractivity contribution is 9.10. The molecule has 1 fully saturated rings. The van der Waals surface area contributed by atoms with Crippen molar-refractivity contribution in [1.29, 1.82) is 0 Å². The van der Waals surface area contributed by atoms with Gasteiger partial charge in [0.1, 0.15) is 5.82 Å². The van der Waals surface area contributed by atoms with Crippen LogP contribution in [-0.2, 0) is 6.54 Å². The van der Waals surface area contributed by atoms with Gasteiger partial charge in [0.25, 0.3) is 0 Å². The maximum absolute atomic E-state index is 13.5. The van der Waals surface area contributed by atoms with Crippen molar-refractivity contribution in [2.75, 3.05) is 13.1 Å². The molecule has 1 unspecified atom stereocenters. The highest BCUT2D eigenvalue weighted by Gasteiger charge is 2.34. The van der Waals surface area contributed by atoms with Gasteiger partial charge in [-0.15, -0.1) is 0 Å². The van der Waals surface area contributed by atoms with Crippen LogP contribution >= 0.6 is 15.9 Å². The number of piperazine rings is 1. The van der Waals surface area contributed by atoms with E-state index in [0.717, 1.165) is 42.5 Å². The molecule has 1 heterocycles. The molecule has 0 saturated carbocycles. The van der Waals surface area contributed by atoms with Crippen LogP contribution in [0.25, 0.3) is 0 Å². The van der Waals surface area contributed by atoms with Gasteiger partial charge in [0.2, 0.25) is 0 Å². The second-order valence-corrected chi connectivity index (χ2v) is 6.82. The first-order valence-corrected chi connectivity index (χ1v) is 8.21. The number of nitrogens with one attached hydrogen (secondary N) is 1. The van der Waals surface area contributed by atoms with Crippen LogP contribution in [0.1, 0.15) is 39.2 Å². The maximum Gasteiger partial charge on any atom is 0.124 e. The van der Waals surface area contributed by atoms with E-state index in [9.17, 15) is 4.39 Å². The molecule has 1 aliphatic rings. The number of hydrogen-bond acceptors (Lipinski definition) is 2. The Morgan fingerprint density at radius 1 is 1.35 bits per heavy atom. The summed E-state index contributed by atoms with van der Waals surface area (Å²) in [6.07, 6.45) is 2.25. The number of halogens is 2. The van der Waals surface area contributed by atoms with Gasteiger partial charge in [0.15, 0.2) is 0 Å². The molecule has 2 nitrogen and oxygen atoms in total. The van der Waals surface area contributed by atoms with E-state index in [-0.39, 0.29) is 11.4 Å². The number of benzene rings is 1. The van der Waals surface area contributed by atoms with E-state index in [2.05, 4.69) is 46.9 Å². The molecule has 112 valence electrons. The molecule has 0 aliphatic carbocycles. The van der Waals surface area contributed by atoms with Crippen molar-refractivity contribution in [3.8, 4) is 0 Å². The topological polar surface area (TPSA) is 15.3 Å². The van der Waals surface area contributed by atoms with Crippen LogP contribution in [0.3, 0.4) is 0 Å². The summed E-state index contributed by atoms with van der Waals surface area (Å²) in [6, 6.07) is 5.63. The van der Waals surface area contributed by atoms with Crippen molar-refractivity contribution in [2.24, 2.45) is 0 Å². The van der Waals surface area contributed by atoms with Crippen LogP contribution in [-0.4, -0.2) is 29.6 Å². The van der Waals surface area contributed by atoms with Crippen molar-refractivity contribution in [2.45, 2.75) is 51.7 Å². The minimum atomic E-state index is -0.172. The number of rotatable bonds is 4. The number of hydrogen-bond donors (Lipinski definition) is 1. The molecule has 1 saturated heterocycles. The highest BCUT2D eigenvalue weighted by atomic mass is 79.9. The largest absolute Gasteiger partial charge is 0.308 e. The molecule has 20 heavy (non-hydrogen) atoms. The smallest absolute Gasteiger partial charge is 0.124 e. The zero-order valence-electron chi connectivity index (χ0n) is 12.5. The quantitative estimate of drug-likeness (QED) is 0.891. The molecular formula is C16H24BrFN2. The average Bonchev–Trinajstić information content (AvgIpc) is 2.40. The molecule has 0 aromatic heterocycles. The Morgan fingerprint density at radius 2 is 2.05 bits per heavy atom. The molecule has 1 N–H and O–H groups in total. The van der Waals surface area contributed by atoms with Crippen LogP contribution in [0.15, 0.2) is 22.7 Å². The fourth-order valence-corrected chi connectivity index (χ4v) is 3.48. The second-order valence-electron chi connectivity index (χ2n) is 5.90. The molecule has 1 aromatic carbocycles. The lowest BCUT2D eigenvalue weighted by molar-refractivity contribution is 0.0745. The Morgan fingerprint density at radius 3 is 2.65 bits per heavy atom. The van der Waals surface area contributed by atoms with Crippen LogP contribution < -0.4 is 5.32 Å². The maximum atomic E-state index is 13.5. The summed E-state index contributed by atoms with van der Waals surface area (Å²) in [4.78, 5) is 2.46. The molecule has 1 aliphatic heterocycles. The third-order valence-electron chi connectivity index (χ3n) is 4.56. The van der Waals surface area contributed by atoms with E-state index in [1.807, 2.05) is 6.07 Å². The summed E-state index contributed by atoms with van der Waals surface area (Å²) < 4.78 is 14.3. The lowest BCUT2D eigenvalue weighted by Gasteiger charge is -2.46. The third kappa shape index (κ3) is 3.60. The van der Waals surface area contributed by atoms with Crippen molar-refractivity contribution in [1.82, 2.24) is 10.2 Å². The van der Waals surface area contributed by atoms with Gasteiger partial charge in [-0.05, 0) is 43.5 Å². The molecule has 0 radical (unpaired) electrons. The van der Waals surface area contributed by atoms with Gasteiger partial charge in [0.05, 0.1) is 0 Å². The van der Waals surface area contributed by atoms with Gasteiger partial charge in [-0.3, -0.25) is 4.90 Å². The Hall–Kier alpha value is -0.450. The predicted molar refractivity (Wildman–Crippen MR) is 85.3 cm³/mol. The SMILES string of the molecule is CCC1(CC)CN(Cc2cc(F)cc(Br)c2)C(C)CN1. The van der Waals surface area contributed by atoms with E-state index in [1.165, 1.54) is 6.07 Å². The second kappa shape index (κ2) is 6.54. The Bertz CT molecular complexity index is 440. The Kier molecular flexibility index (Phi) is 5.21. The zero-order valence-corrected chi connectivity index (χ0v) is 14.1. The van der Waals surface area contributed by atoms with Crippen LogP contribution in [0.2, 0.25) is 0 Å². The van der Waals surface area contributed by atoms with Gasteiger partial charge >= 0.3 is 0 Å². The minimum Gasteiger partial charge on any atom is -0.308 e. The first-order valence-electron chi connectivity index (χ1n) is 7.42. The Balaban J connectivity index is 2.13. The highest BCUT2D eigenvalue weighted by Crippen LogP contribution is 2.25. The van der Waals surface area contributed by atoms with Gasteiger partial charge in [-0.1, -0.05) is 29.8 Å². The van der Waals surface area contributed by atoms with Crippen LogP contribution in [0.4, 0.5) is 4.39 Å². The minimum absolute atomic E-state index is 0.172. The van der Waals surface area contributed by atoms with E-state index in [4.69, 9.17) is 0 Å². The van der Waals surface area contributed by atoms with Crippen molar-refractivity contribution in [3.63, 3.8) is 0 Å². The summed E-state index contributed by atoms with van der Waals surface area (Å²) in [7, 11) is 0. The summed E-state index contributed by atoms with van der Waals surface area (Å²) >= 11 is 3.37. The van der Waals surface area contributed by atoms with E-state index in [1.54, 1.807) is 6.07 Å². The van der Waals surface area contributed by atoms with E-state index >= 15 is 0 Å². The van der Waals surface area contributed by atoms with E-state index < -0.39 is 0 Å². The van der Waals surface area contributed by atoms with Gasteiger partial charge in [-0.25, -0.2) is 4.39 Å². The molecule has 1 aromatic rings. The van der Waals surface area contributed by atoms with Crippen molar-refractivity contribution >= 4 is 15.9 Å². The fraction of sp³-hybridized carbons (Fsp3) is 0.625. The van der Waals surface area contributed by atoms with Gasteiger partial charge < -0.3 is 5.32 Å². The lowest BCUT2D eigenvalue weighted by Crippen LogP contribution is -2.62. The predicted octanol–water partition coefficient (Wildman–Crippen LogP) is 3.94. The fourth-order valence-electron chi connectivity index (χ4n) is 2.97. The monoisotopic (exact) mass is 342 g/mol. The zero-order chi connectivity index (χ0) is 14.8. The summed E-state index contributed by atoms with van der Waals surface area (Å²) in [5.41, 5.74) is 1.24. The molecule has 1 atom stereocenters. The van der Waals surface area contributed by atoms with Crippen molar-refractivity contribution < 1.29 is 4.39 Å². The van der Waals surface area contributed by atoms with Crippen molar-refractivity contribution in [3.05, 3.63) is 34.1 Å². The van der Waals surface area contributed by atoms with Crippen LogP contribution in [0, 0.1) is 5.82 Å². The third-order valence-corrected chi connectivity index (χ3v) is 5.02. The summed E-state index contributed by atoms with van der Waals surface area (Å²) in [5.74, 6) is -0.172.